The lowest BCUT2D eigenvalue weighted by atomic mass is 10.2. The van der Waals surface area contributed by atoms with Crippen LogP contribution in [0.5, 0.6) is 0 Å². The molecule has 0 saturated heterocycles. The van der Waals surface area contributed by atoms with Gasteiger partial charge in [-0.15, -0.1) is 0 Å². The van der Waals surface area contributed by atoms with E-state index in [0.29, 0.717) is 16.2 Å². The van der Waals surface area contributed by atoms with E-state index >= 15 is 0 Å². The molecule has 0 aliphatic carbocycles. The molecule has 1 N–H and O–H groups in total. The number of carbonyl (C=O) groups excluding carboxylic acids is 1. The highest BCUT2D eigenvalue weighted by Gasteiger charge is 2.12. The number of amides is 1. The summed E-state index contributed by atoms with van der Waals surface area (Å²) in [6, 6.07) is 16.6. The SMILES string of the molecule is O=C(Nc1ccccc1I)c1cc(Cl)c2ccccc2n1. The smallest absolute Gasteiger partial charge is 0.274 e. The summed E-state index contributed by atoms with van der Waals surface area (Å²) >= 11 is 8.39. The van der Waals surface area contributed by atoms with Crippen molar-refractivity contribution in [2.24, 2.45) is 0 Å². The molecule has 0 radical (unpaired) electrons. The summed E-state index contributed by atoms with van der Waals surface area (Å²) in [6.07, 6.45) is 0. The van der Waals surface area contributed by atoms with Gasteiger partial charge in [0.05, 0.1) is 16.2 Å². The van der Waals surface area contributed by atoms with Gasteiger partial charge in [-0.25, -0.2) is 4.98 Å². The van der Waals surface area contributed by atoms with Crippen LogP contribution in [0, 0.1) is 3.57 Å². The molecule has 0 unspecified atom stereocenters. The van der Waals surface area contributed by atoms with E-state index in [0.717, 1.165) is 14.6 Å². The van der Waals surface area contributed by atoms with Gasteiger partial charge in [0, 0.05) is 8.96 Å². The van der Waals surface area contributed by atoms with Gasteiger partial charge in [0.25, 0.3) is 5.91 Å². The average Bonchev–Trinajstić information content (AvgIpc) is 2.49. The first-order chi connectivity index (χ1) is 10.1. The minimum atomic E-state index is -0.272. The lowest BCUT2D eigenvalue weighted by Crippen LogP contribution is -2.14. The van der Waals surface area contributed by atoms with Gasteiger partial charge in [-0.05, 0) is 46.9 Å². The summed E-state index contributed by atoms with van der Waals surface area (Å²) in [7, 11) is 0. The zero-order valence-electron chi connectivity index (χ0n) is 10.8. The van der Waals surface area contributed by atoms with Crippen molar-refractivity contribution in [3.05, 3.63) is 68.9 Å². The van der Waals surface area contributed by atoms with Gasteiger partial charge in [0.2, 0.25) is 0 Å². The van der Waals surface area contributed by atoms with Crippen LogP contribution in [0.2, 0.25) is 5.02 Å². The predicted octanol–water partition coefficient (Wildman–Crippen LogP) is 4.75. The Hall–Kier alpha value is -1.66. The van der Waals surface area contributed by atoms with Gasteiger partial charge >= 0.3 is 0 Å². The highest BCUT2D eigenvalue weighted by atomic mass is 127. The molecule has 0 atom stereocenters. The van der Waals surface area contributed by atoms with Crippen LogP contribution < -0.4 is 5.32 Å². The molecule has 0 saturated carbocycles. The number of benzene rings is 2. The van der Waals surface area contributed by atoms with E-state index in [9.17, 15) is 4.79 Å². The highest BCUT2D eigenvalue weighted by Crippen LogP contribution is 2.24. The number of nitrogens with one attached hydrogen (secondary N) is 1. The summed E-state index contributed by atoms with van der Waals surface area (Å²) in [5, 5.41) is 4.21. The number of halogens is 2. The number of para-hydroxylation sites is 2. The molecule has 1 amide bonds. The molecular weight excluding hydrogens is 399 g/mol. The maximum atomic E-state index is 12.3. The van der Waals surface area contributed by atoms with E-state index in [4.69, 9.17) is 11.6 Å². The van der Waals surface area contributed by atoms with Crippen LogP contribution in [0.15, 0.2) is 54.6 Å². The molecule has 3 aromatic rings. The zero-order valence-corrected chi connectivity index (χ0v) is 13.7. The molecule has 5 heteroatoms. The summed E-state index contributed by atoms with van der Waals surface area (Å²) in [5.74, 6) is -0.272. The van der Waals surface area contributed by atoms with Crippen molar-refractivity contribution in [1.29, 1.82) is 0 Å². The second-order valence-electron chi connectivity index (χ2n) is 4.44. The Morgan fingerprint density at radius 2 is 1.81 bits per heavy atom. The Labute approximate surface area is 140 Å². The van der Waals surface area contributed by atoms with Crippen molar-refractivity contribution in [3.8, 4) is 0 Å². The van der Waals surface area contributed by atoms with Gasteiger partial charge in [-0.3, -0.25) is 4.79 Å². The van der Waals surface area contributed by atoms with Crippen LogP contribution in [-0.4, -0.2) is 10.9 Å². The third kappa shape index (κ3) is 3.01. The largest absolute Gasteiger partial charge is 0.320 e. The van der Waals surface area contributed by atoms with Gasteiger partial charge in [-0.1, -0.05) is 41.9 Å². The minimum absolute atomic E-state index is 0.272. The maximum absolute atomic E-state index is 12.3. The number of hydrogen-bond donors (Lipinski definition) is 1. The first-order valence-corrected chi connectivity index (χ1v) is 7.72. The summed E-state index contributed by atoms with van der Waals surface area (Å²) in [6.45, 7) is 0. The number of aromatic nitrogens is 1. The Morgan fingerprint density at radius 1 is 1.10 bits per heavy atom. The van der Waals surface area contributed by atoms with Crippen LogP contribution in [0.1, 0.15) is 10.5 Å². The third-order valence-electron chi connectivity index (χ3n) is 3.02. The number of hydrogen-bond acceptors (Lipinski definition) is 2. The fourth-order valence-corrected chi connectivity index (χ4v) is 2.78. The second-order valence-corrected chi connectivity index (χ2v) is 6.01. The predicted molar refractivity (Wildman–Crippen MR) is 93.9 cm³/mol. The number of carbonyl (C=O) groups is 1. The molecule has 0 bridgehead atoms. The highest BCUT2D eigenvalue weighted by molar-refractivity contribution is 14.1. The molecule has 1 aromatic heterocycles. The topological polar surface area (TPSA) is 42.0 Å². The number of nitrogens with zero attached hydrogens (tertiary/aromatic N) is 1. The molecule has 1 heterocycles. The quantitative estimate of drug-likeness (QED) is 0.622. The van der Waals surface area contributed by atoms with E-state index in [2.05, 4.69) is 32.9 Å². The molecule has 0 fully saturated rings. The molecular formula is C16H10ClIN2O. The number of pyridine rings is 1. The fraction of sp³-hybridized carbons (Fsp3) is 0. The third-order valence-corrected chi connectivity index (χ3v) is 4.27. The van der Waals surface area contributed by atoms with E-state index in [1.54, 1.807) is 6.07 Å². The number of anilines is 1. The van der Waals surface area contributed by atoms with Crippen molar-refractivity contribution in [1.82, 2.24) is 4.98 Å². The monoisotopic (exact) mass is 408 g/mol. The van der Waals surface area contributed by atoms with Crippen molar-refractivity contribution in [3.63, 3.8) is 0 Å². The average molecular weight is 409 g/mol. The second kappa shape index (κ2) is 5.99. The standard InChI is InChI=1S/C16H10ClIN2O/c17-11-9-15(19-13-7-3-1-5-10(11)13)16(21)20-14-8-4-2-6-12(14)18/h1-9H,(H,20,21). The molecule has 3 rings (SSSR count). The van der Waals surface area contributed by atoms with Crippen LogP contribution in [-0.2, 0) is 0 Å². The van der Waals surface area contributed by atoms with Crippen LogP contribution in [0.25, 0.3) is 10.9 Å². The van der Waals surface area contributed by atoms with Gasteiger partial charge in [0.15, 0.2) is 0 Å². The van der Waals surface area contributed by atoms with Crippen molar-refractivity contribution >= 4 is 56.7 Å². The first-order valence-electron chi connectivity index (χ1n) is 6.26. The lowest BCUT2D eigenvalue weighted by Gasteiger charge is -2.08. The van der Waals surface area contributed by atoms with E-state index < -0.39 is 0 Å². The normalized spacial score (nSPS) is 10.6. The van der Waals surface area contributed by atoms with Crippen LogP contribution in [0.3, 0.4) is 0 Å². The summed E-state index contributed by atoms with van der Waals surface area (Å²) in [4.78, 5) is 16.7. The van der Waals surface area contributed by atoms with Gasteiger partial charge in [0.1, 0.15) is 5.69 Å². The Balaban J connectivity index is 1.97. The summed E-state index contributed by atoms with van der Waals surface area (Å²) in [5.41, 5.74) is 1.77. The van der Waals surface area contributed by atoms with Gasteiger partial charge in [-0.2, -0.15) is 0 Å². The van der Waals surface area contributed by atoms with Crippen molar-refractivity contribution < 1.29 is 4.79 Å². The van der Waals surface area contributed by atoms with Gasteiger partial charge < -0.3 is 5.32 Å². The minimum Gasteiger partial charge on any atom is -0.320 e. The first kappa shape index (κ1) is 14.3. The molecule has 104 valence electrons. The lowest BCUT2D eigenvalue weighted by molar-refractivity contribution is 0.102. The van der Waals surface area contributed by atoms with Crippen molar-refractivity contribution in [2.45, 2.75) is 0 Å². The van der Waals surface area contributed by atoms with Crippen molar-refractivity contribution in [2.75, 3.05) is 5.32 Å². The Kier molecular flexibility index (Phi) is 4.07. The van der Waals surface area contributed by atoms with E-state index in [-0.39, 0.29) is 5.91 Å². The Morgan fingerprint density at radius 3 is 2.62 bits per heavy atom. The zero-order chi connectivity index (χ0) is 14.8. The molecule has 0 aliphatic rings. The molecule has 3 nitrogen and oxygen atoms in total. The molecule has 0 aliphatic heterocycles. The summed E-state index contributed by atoms with van der Waals surface area (Å²) < 4.78 is 0.968. The number of rotatable bonds is 2. The van der Waals surface area contributed by atoms with Crippen LogP contribution in [0.4, 0.5) is 5.69 Å². The molecule has 0 spiro atoms. The van der Waals surface area contributed by atoms with Crippen LogP contribution >= 0.6 is 34.2 Å². The molecule has 2 aromatic carbocycles. The Bertz CT molecular complexity index is 835. The van der Waals surface area contributed by atoms with E-state index in [1.807, 2.05) is 48.5 Å². The fourth-order valence-electron chi connectivity index (χ4n) is 2.00. The number of fused-ring (bicyclic) bond motifs is 1. The maximum Gasteiger partial charge on any atom is 0.274 e. The van der Waals surface area contributed by atoms with E-state index in [1.165, 1.54) is 0 Å². The molecule has 21 heavy (non-hydrogen) atoms.